The molecule has 0 aliphatic carbocycles. The third kappa shape index (κ3) is 3.88. The van der Waals surface area contributed by atoms with E-state index in [1.807, 2.05) is 0 Å². The Bertz CT molecular complexity index is 504. The molecule has 116 valence electrons. The van der Waals surface area contributed by atoms with Crippen LogP contribution in [0.2, 0.25) is 0 Å². The SMILES string of the molecule is COc1cc(N)ccc1NC(=O)CN1CCCC(C)C1C. The molecule has 5 nitrogen and oxygen atoms in total. The largest absolute Gasteiger partial charge is 0.494 e. The summed E-state index contributed by atoms with van der Waals surface area (Å²) in [5.41, 5.74) is 6.99. The van der Waals surface area contributed by atoms with E-state index in [2.05, 4.69) is 24.1 Å². The summed E-state index contributed by atoms with van der Waals surface area (Å²) in [7, 11) is 1.57. The van der Waals surface area contributed by atoms with Crippen LogP contribution in [0.5, 0.6) is 5.75 Å². The third-order valence-electron chi connectivity index (χ3n) is 4.35. The van der Waals surface area contributed by atoms with Crippen LogP contribution in [0.15, 0.2) is 18.2 Å². The van der Waals surface area contributed by atoms with Crippen LogP contribution >= 0.6 is 0 Å². The lowest BCUT2D eigenvalue weighted by Gasteiger charge is -2.37. The Morgan fingerprint density at radius 1 is 1.48 bits per heavy atom. The first-order valence-corrected chi connectivity index (χ1v) is 7.48. The quantitative estimate of drug-likeness (QED) is 0.836. The van der Waals surface area contributed by atoms with E-state index in [9.17, 15) is 4.79 Å². The molecule has 2 atom stereocenters. The number of amides is 1. The number of hydrogen-bond donors (Lipinski definition) is 2. The minimum Gasteiger partial charge on any atom is -0.494 e. The van der Waals surface area contributed by atoms with Crippen LogP contribution in [0.4, 0.5) is 11.4 Å². The Kier molecular flexibility index (Phi) is 5.07. The molecule has 3 N–H and O–H groups in total. The van der Waals surface area contributed by atoms with E-state index in [-0.39, 0.29) is 5.91 Å². The first-order chi connectivity index (χ1) is 10.0. The van der Waals surface area contributed by atoms with Gasteiger partial charge in [-0.2, -0.15) is 0 Å². The summed E-state index contributed by atoms with van der Waals surface area (Å²) in [6, 6.07) is 5.68. The van der Waals surface area contributed by atoms with E-state index in [0.717, 1.165) is 13.0 Å². The molecular weight excluding hydrogens is 266 g/mol. The number of hydrogen-bond acceptors (Lipinski definition) is 4. The Morgan fingerprint density at radius 2 is 2.24 bits per heavy atom. The van der Waals surface area contributed by atoms with Gasteiger partial charge in [-0.15, -0.1) is 0 Å². The highest BCUT2D eigenvalue weighted by Crippen LogP contribution is 2.27. The zero-order valence-corrected chi connectivity index (χ0v) is 13.1. The number of carbonyl (C=O) groups excluding carboxylic acids is 1. The molecule has 1 saturated heterocycles. The first kappa shape index (κ1) is 15.6. The van der Waals surface area contributed by atoms with Gasteiger partial charge in [0.05, 0.1) is 19.3 Å². The number of anilines is 2. The van der Waals surface area contributed by atoms with Crippen molar-refractivity contribution in [2.24, 2.45) is 5.92 Å². The highest BCUT2D eigenvalue weighted by molar-refractivity contribution is 5.94. The standard InChI is InChI=1S/C16H25N3O2/c1-11-5-4-8-19(12(11)2)10-16(20)18-14-7-6-13(17)9-15(14)21-3/h6-7,9,11-12H,4-5,8,10,17H2,1-3H3,(H,18,20). The third-order valence-corrected chi connectivity index (χ3v) is 4.35. The Labute approximate surface area is 126 Å². The highest BCUT2D eigenvalue weighted by Gasteiger charge is 2.26. The van der Waals surface area contributed by atoms with Gasteiger partial charge < -0.3 is 15.8 Å². The monoisotopic (exact) mass is 291 g/mol. The summed E-state index contributed by atoms with van der Waals surface area (Å²) < 4.78 is 5.25. The lowest BCUT2D eigenvalue weighted by atomic mass is 9.92. The van der Waals surface area contributed by atoms with Crippen LogP contribution in [0, 0.1) is 5.92 Å². The fourth-order valence-corrected chi connectivity index (χ4v) is 2.83. The maximum Gasteiger partial charge on any atom is 0.238 e. The molecule has 1 aliphatic heterocycles. The van der Waals surface area contributed by atoms with Crippen molar-refractivity contribution in [3.8, 4) is 5.75 Å². The molecule has 0 aromatic heterocycles. The van der Waals surface area contributed by atoms with Crippen molar-refractivity contribution in [3.63, 3.8) is 0 Å². The van der Waals surface area contributed by atoms with Crippen LogP contribution in [-0.2, 0) is 4.79 Å². The summed E-state index contributed by atoms with van der Waals surface area (Å²) in [5, 5.41) is 2.91. The van der Waals surface area contributed by atoms with Gasteiger partial charge in [0.2, 0.25) is 5.91 Å². The van der Waals surface area contributed by atoms with E-state index in [4.69, 9.17) is 10.5 Å². The van der Waals surface area contributed by atoms with Gasteiger partial charge in [-0.1, -0.05) is 6.92 Å². The molecule has 1 fully saturated rings. The van der Waals surface area contributed by atoms with Crippen molar-refractivity contribution in [3.05, 3.63) is 18.2 Å². The highest BCUT2D eigenvalue weighted by atomic mass is 16.5. The number of ether oxygens (including phenoxy) is 1. The second kappa shape index (κ2) is 6.80. The Hall–Kier alpha value is -1.75. The molecule has 5 heteroatoms. The van der Waals surface area contributed by atoms with Gasteiger partial charge in [0.15, 0.2) is 0 Å². The molecule has 1 heterocycles. The van der Waals surface area contributed by atoms with E-state index < -0.39 is 0 Å². The van der Waals surface area contributed by atoms with E-state index in [0.29, 0.717) is 35.6 Å². The first-order valence-electron chi connectivity index (χ1n) is 7.48. The maximum atomic E-state index is 12.2. The number of rotatable bonds is 4. The molecule has 1 aromatic carbocycles. The van der Waals surface area contributed by atoms with Crippen molar-refractivity contribution in [2.45, 2.75) is 32.7 Å². The van der Waals surface area contributed by atoms with Gasteiger partial charge >= 0.3 is 0 Å². The number of piperidine rings is 1. The fourth-order valence-electron chi connectivity index (χ4n) is 2.83. The predicted molar refractivity (Wildman–Crippen MR) is 85.5 cm³/mol. The lowest BCUT2D eigenvalue weighted by Crippen LogP contribution is -2.46. The van der Waals surface area contributed by atoms with Crippen LogP contribution in [0.3, 0.4) is 0 Å². The van der Waals surface area contributed by atoms with Crippen molar-refractivity contribution < 1.29 is 9.53 Å². The van der Waals surface area contributed by atoms with Crippen molar-refractivity contribution in [1.82, 2.24) is 4.90 Å². The summed E-state index contributed by atoms with van der Waals surface area (Å²) in [6.45, 7) is 5.84. The number of nitrogens with one attached hydrogen (secondary N) is 1. The van der Waals surface area contributed by atoms with Crippen LogP contribution < -0.4 is 15.8 Å². The molecule has 1 amide bonds. The number of carbonyl (C=O) groups is 1. The average molecular weight is 291 g/mol. The topological polar surface area (TPSA) is 67.6 Å². The van der Waals surface area contributed by atoms with Gasteiger partial charge in [-0.25, -0.2) is 0 Å². The Morgan fingerprint density at radius 3 is 2.95 bits per heavy atom. The molecular formula is C16H25N3O2. The van der Waals surface area contributed by atoms with Crippen LogP contribution in [0.25, 0.3) is 0 Å². The molecule has 2 unspecified atom stereocenters. The molecule has 0 spiro atoms. The number of nitrogen functional groups attached to an aromatic ring is 1. The van der Waals surface area contributed by atoms with Gasteiger partial charge in [-0.05, 0) is 44.4 Å². The smallest absolute Gasteiger partial charge is 0.238 e. The average Bonchev–Trinajstić information content (AvgIpc) is 2.45. The molecule has 21 heavy (non-hydrogen) atoms. The van der Waals surface area contributed by atoms with Gasteiger partial charge in [0.25, 0.3) is 0 Å². The van der Waals surface area contributed by atoms with Gasteiger partial charge in [0, 0.05) is 17.8 Å². The van der Waals surface area contributed by atoms with Crippen LogP contribution in [0.1, 0.15) is 26.7 Å². The molecule has 0 bridgehead atoms. The minimum atomic E-state index is -0.0148. The molecule has 2 rings (SSSR count). The second-order valence-electron chi connectivity index (χ2n) is 5.84. The molecule has 0 saturated carbocycles. The van der Waals surface area contributed by atoms with E-state index >= 15 is 0 Å². The number of nitrogens with two attached hydrogens (primary N) is 1. The maximum absolute atomic E-state index is 12.2. The summed E-state index contributed by atoms with van der Waals surface area (Å²) in [6.07, 6.45) is 2.40. The molecule has 0 radical (unpaired) electrons. The van der Waals surface area contributed by atoms with Crippen molar-refractivity contribution in [1.29, 1.82) is 0 Å². The fraction of sp³-hybridized carbons (Fsp3) is 0.562. The number of likely N-dealkylation sites (tertiary alicyclic amines) is 1. The zero-order chi connectivity index (χ0) is 15.4. The van der Waals surface area contributed by atoms with Gasteiger partial charge in [-0.3, -0.25) is 9.69 Å². The number of benzene rings is 1. The molecule has 1 aliphatic rings. The summed E-state index contributed by atoms with van der Waals surface area (Å²) in [5.74, 6) is 1.21. The van der Waals surface area contributed by atoms with Crippen molar-refractivity contribution in [2.75, 3.05) is 31.2 Å². The number of methoxy groups -OCH3 is 1. The number of nitrogens with zero attached hydrogens (tertiary/aromatic N) is 1. The summed E-state index contributed by atoms with van der Waals surface area (Å²) >= 11 is 0. The second-order valence-corrected chi connectivity index (χ2v) is 5.84. The van der Waals surface area contributed by atoms with Gasteiger partial charge in [0.1, 0.15) is 5.75 Å². The van der Waals surface area contributed by atoms with E-state index in [1.165, 1.54) is 6.42 Å². The van der Waals surface area contributed by atoms with Crippen molar-refractivity contribution >= 4 is 17.3 Å². The van der Waals surface area contributed by atoms with E-state index in [1.54, 1.807) is 25.3 Å². The minimum absolute atomic E-state index is 0.0148. The lowest BCUT2D eigenvalue weighted by molar-refractivity contribution is -0.118. The van der Waals surface area contributed by atoms with Crippen LogP contribution in [-0.4, -0.2) is 37.0 Å². The predicted octanol–water partition coefficient (Wildman–Crippen LogP) is 2.34. The normalized spacial score (nSPS) is 22.8. The molecule has 1 aromatic rings. The zero-order valence-electron chi connectivity index (χ0n) is 13.1. The Balaban J connectivity index is 1.98. The summed E-state index contributed by atoms with van der Waals surface area (Å²) in [4.78, 5) is 14.5.